The molecule has 1 fully saturated rings. The van der Waals surface area contributed by atoms with E-state index >= 15 is 0 Å². The van der Waals surface area contributed by atoms with Crippen molar-refractivity contribution in [3.63, 3.8) is 0 Å². The van der Waals surface area contributed by atoms with E-state index in [0.29, 0.717) is 25.6 Å². The molecule has 4 nitrogen and oxygen atoms in total. The molecule has 4 heteroatoms. The highest BCUT2D eigenvalue weighted by Gasteiger charge is 2.32. The second kappa shape index (κ2) is 8.98. The Kier molecular flexibility index (Phi) is 7.63. The zero-order valence-corrected chi connectivity index (χ0v) is 13.0. The van der Waals surface area contributed by atoms with Crippen LogP contribution in [-0.4, -0.2) is 25.2 Å². The topological polar surface area (TPSA) is 52.6 Å². The van der Waals surface area contributed by atoms with Crippen LogP contribution in [0.5, 0.6) is 0 Å². The molecule has 2 unspecified atom stereocenters. The zero-order chi connectivity index (χ0) is 15.0. The van der Waals surface area contributed by atoms with Gasteiger partial charge in [-0.3, -0.25) is 9.59 Å². The molecule has 0 saturated heterocycles. The van der Waals surface area contributed by atoms with E-state index in [2.05, 4.69) is 13.8 Å². The number of ether oxygens (including phenoxy) is 2. The standard InChI is InChI=1S/C16H28O4/c1-4-9-19-15(17)13-6-5-7-14(11-13)16(18)20-10-8-12(2)3/h12-14H,4-11H2,1-3H3. The summed E-state index contributed by atoms with van der Waals surface area (Å²) in [5.41, 5.74) is 0. The van der Waals surface area contributed by atoms with Crippen LogP contribution in [0.2, 0.25) is 0 Å². The first-order chi connectivity index (χ1) is 9.54. The average Bonchev–Trinajstić information content (AvgIpc) is 2.44. The first-order valence-corrected chi connectivity index (χ1v) is 7.87. The van der Waals surface area contributed by atoms with Gasteiger partial charge in [-0.2, -0.15) is 0 Å². The van der Waals surface area contributed by atoms with Gasteiger partial charge in [0.1, 0.15) is 0 Å². The minimum atomic E-state index is -0.147. The normalized spacial score (nSPS) is 22.6. The van der Waals surface area contributed by atoms with Crippen LogP contribution >= 0.6 is 0 Å². The lowest BCUT2D eigenvalue weighted by molar-refractivity contribution is -0.155. The van der Waals surface area contributed by atoms with Gasteiger partial charge in [-0.25, -0.2) is 0 Å². The number of carbonyl (C=O) groups is 2. The fraction of sp³-hybridized carbons (Fsp3) is 0.875. The lowest BCUT2D eigenvalue weighted by Crippen LogP contribution is -2.30. The van der Waals surface area contributed by atoms with Gasteiger partial charge in [0.05, 0.1) is 25.0 Å². The summed E-state index contributed by atoms with van der Waals surface area (Å²) in [6, 6.07) is 0. The van der Waals surface area contributed by atoms with Crippen LogP contribution in [0.15, 0.2) is 0 Å². The van der Waals surface area contributed by atoms with Gasteiger partial charge in [0, 0.05) is 0 Å². The lowest BCUT2D eigenvalue weighted by atomic mass is 9.81. The third kappa shape index (κ3) is 5.93. The Bertz CT molecular complexity index is 312. The van der Waals surface area contributed by atoms with E-state index in [1.54, 1.807) is 0 Å². The second-order valence-electron chi connectivity index (χ2n) is 6.08. The number of esters is 2. The van der Waals surface area contributed by atoms with Gasteiger partial charge in [-0.05, 0) is 38.0 Å². The van der Waals surface area contributed by atoms with Gasteiger partial charge < -0.3 is 9.47 Å². The van der Waals surface area contributed by atoms with E-state index in [-0.39, 0.29) is 23.8 Å². The average molecular weight is 284 g/mol. The van der Waals surface area contributed by atoms with Crippen molar-refractivity contribution in [2.24, 2.45) is 17.8 Å². The summed E-state index contributed by atoms with van der Waals surface area (Å²) in [6.45, 7) is 7.14. The molecule has 0 aromatic carbocycles. The van der Waals surface area contributed by atoms with Gasteiger partial charge in [-0.15, -0.1) is 0 Å². The Balaban J connectivity index is 2.35. The fourth-order valence-electron chi connectivity index (χ4n) is 2.45. The Labute approximate surface area is 122 Å². The highest BCUT2D eigenvalue weighted by molar-refractivity contribution is 5.76. The maximum Gasteiger partial charge on any atom is 0.308 e. The van der Waals surface area contributed by atoms with E-state index in [0.717, 1.165) is 32.1 Å². The second-order valence-corrected chi connectivity index (χ2v) is 6.08. The molecule has 0 heterocycles. The summed E-state index contributed by atoms with van der Waals surface area (Å²) >= 11 is 0. The van der Waals surface area contributed by atoms with Crippen LogP contribution in [-0.2, 0) is 19.1 Å². The molecule has 0 N–H and O–H groups in total. The summed E-state index contributed by atoms with van der Waals surface area (Å²) in [7, 11) is 0. The Morgan fingerprint density at radius 1 is 1.05 bits per heavy atom. The largest absolute Gasteiger partial charge is 0.465 e. The summed E-state index contributed by atoms with van der Waals surface area (Å²) in [6.07, 6.45) is 4.87. The smallest absolute Gasteiger partial charge is 0.308 e. The van der Waals surface area contributed by atoms with Crippen molar-refractivity contribution in [1.29, 1.82) is 0 Å². The first kappa shape index (κ1) is 17.0. The van der Waals surface area contributed by atoms with Crippen LogP contribution in [0.3, 0.4) is 0 Å². The molecule has 0 aromatic rings. The molecule has 116 valence electrons. The van der Waals surface area contributed by atoms with Crippen molar-refractivity contribution in [3.05, 3.63) is 0 Å². The third-order valence-electron chi connectivity index (χ3n) is 3.73. The number of hydrogen-bond donors (Lipinski definition) is 0. The maximum atomic E-state index is 12.0. The van der Waals surface area contributed by atoms with Crippen molar-refractivity contribution in [3.8, 4) is 0 Å². The van der Waals surface area contributed by atoms with E-state index in [4.69, 9.17) is 9.47 Å². The molecule has 0 aliphatic heterocycles. The molecule has 2 atom stereocenters. The molecule has 1 aliphatic carbocycles. The lowest BCUT2D eigenvalue weighted by Gasteiger charge is -2.26. The minimum Gasteiger partial charge on any atom is -0.465 e. The van der Waals surface area contributed by atoms with Crippen molar-refractivity contribution in [1.82, 2.24) is 0 Å². The highest BCUT2D eigenvalue weighted by Crippen LogP contribution is 2.30. The highest BCUT2D eigenvalue weighted by atomic mass is 16.5. The van der Waals surface area contributed by atoms with Gasteiger partial charge in [0.2, 0.25) is 0 Å². The van der Waals surface area contributed by atoms with Gasteiger partial charge in [0.15, 0.2) is 0 Å². The molecule has 0 radical (unpaired) electrons. The summed E-state index contributed by atoms with van der Waals surface area (Å²) in [4.78, 5) is 23.8. The van der Waals surface area contributed by atoms with Gasteiger partial charge >= 0.3 is 11.9 Å². The van der Waals surface area contributed by atoms with Crippen LogP contribution in [0.4, 0.5) is 0 Å². The molecule has 1 rings (SSSR count). The molecule has 1 saturated carbocycles. The summed E-state index contributed by atoms with van der Waals surface area (Å²) < 4.78 is 10.5. The summed E-state index contributed by atoms with van der Waals surface area (Å²) in [5, 5.41) is 0. The number of carbonyl (C=O) groups excluding carboxylic acids is 2. The zero-order valence-electron chi connectivity index (χ0n) is 13.0. The summed E-state index contributed by atoms with van der Waals surface area (Å²) in [5.74, 6) is -0.0101. The van der Waals surface area contributed by atoms with E-state index in [1.165, 1.54) is 0 Å². The molecule has 20 heavy (non-hydrogen) atoms. The molecule has 1 aliphatic rings. The minimum absolute atomic E-state index is 0.127. The van der Waals surface area contributed by atoms with Crippen LogP contribution in [0.1, 0.15) is 59.3 Å². The SMILES string of the molecule is CCCOC(=O)C1CCCC(C(=O)OCCC(C)C)C1. The molecule has 0 spiro atoms. The fourth-order valence-corrected chi connectivity index (χ4v) is 2.45. The van der Waals surface area contributed by atoms with Crippen LogP contribution in [0, 0.1) is 17.8 Å². The first-order valence-electron chi connectivity index (χ1n) is 7.87. The Morgan fingerprint density at radius 3 is 2.10 bits per heavy atom. The Morgan fingerprint density at radius 2 is 1.60 bits per heavy atom. The van der Waals surface area contributed by atoms with Crippen molar-refractivity contribution in [2.45, 2.75) is 59.3 Å². The molecular weight excluding hydrogens is 256 g/mol. The van der Waals surface area contributed by atoms with Crippen LogP contribution in [0.25, 0.3) is 0 Å². The predicted molar refractivity (Wildman–Crippen MR) is 77.1 cm³/mol. The molecule has 0 amide bonds. The predicted octanol–water partition coefficient (Wildman–Crippen LogP) is 3.34. The van der Waals surface area contributed by atoms with Gasteiger partial charge in [-0.1, -0.05) is 27.2 Å². The number of hydrogen-bond acceptors (Lipinski definition) is 4. The monoisotopic (exact) mass is 284 g/mol. The van der Waals surface area contributed by atoms with Gasteiger partial charge in [0.25, 0.3) is 0 Å². The van der Waals surface area contributed by atoms with Crippen molar-refractivity contribution < 1.29 is 19.1 Å². The van der Waals surface area contributed by atoms with Crippen molar-refractivity contribution in [2.75, 3.05) is 13.2 Å². The van der Waals surface area contributed by atoms with E-state index < -0.39 is 0 Å². The molecule has 0 bridgehead atoms. The van der Waals surface area contributed by atoms with E-state index in [1.807, 2.05) is 6.92 Å². The quantitative estimate of drug-likeness (QED) is 0.673. The van der Waals surface area contributed by atoms with E-state index in [9.17, 15) is 9.59 Å². The molecule has 0 aromatic heterocycles. The molecular formula is C16H28O4. The number of rotatable bonds is 7. The van der Waals surface area contributed by atoms with Crippen molar-refractivity contribution >= 4 is 11.9 Å². The van der Waals surface area contributed by atoms with Crippen LogP contribution < -0.4 is 0 Å². The third-order valence-corrected chi connectivity index (χ3v) is 3.73. The Hall–Kier alpha value is -1.06. The maximum absolute atomic E-state index is 12.0.